The van der Waals surface area contributed by atoms with Gasteiger partial charge in [0.2, 0.25) is 11.8 Å². The number of hydrogen-bond acceptors (Lipinski definition) is 5. The summed E-state index contributed by atoms with van der Waals surface area (Å²) in [6.45, 7) is 15.3. The molecule has 2 unspecified atom stereocenters. The number of nitrogens with zero attached hydrogens (tertiary/aromatic N) is 1. The molecular formula is C30H43N3O4S. The number of thiol groups is 1. The molecule has 3 amide bonds. The first-order chi connectivity index (χ1) is 17.7. The lowest BCUT2D eigenvalue weighted by Gasteiger charge is -2.45. The fourth-order valence-electron chi connectivity index (χ4n) is 4.08. The number of nitrogens with one attached hydrogen (secondary N) is 2. The summed E-state index contributed by atoms with van der Waals surface area (Å²) in [6.07, 6.45) is -0.131. The Bertz CT molecular complexity index is 1110. The van der Waals surface area contributed by atoms with E-state index in [1.54, 1.807) is 25.7 Å². The molecule has 0 saturated heterocycles. The van der Waals surface area contributed by atoms with Crippen LogP contribution in [0.3, 0.4) is 0 Å². The van der Waals surface area contributed by atoms with Gasteiger partial charge < -0.3 is 20.3 Å². The van der Waals surface area contributed by atoms with E-state index in [1.807, 2.05) is 83.1 Å². The summed E-state index contributed by atoms with van der Waals surface area (Å²) < 4.78 is 5.39. The molecule has 0 fully saturated rings. The molecule has 2 N–H and O–H groups in total. The lowest BCUT2D eigenvalue weighted by molar-refractivity contribution is -0.149. The summed E-state index contributed by atoms with van der Waals surface area (Å²) in [5.41, 5.74) is 2.11. The van der Waals surface area contributed by atoms with Crippen molar-refractivity contribution in [2.75, 3.05) is 5.75 Å². The first-order valence-corrected chi connectivity index (χ1v) is 13.7. The molecule has 0 aliphatic rings. The van der Waals surface area contributed by atoms with Gasteiger partial charge in [0.25, 0.3) is 0 Å². The van der Waals surface area contributed by atoms with Crippen LogP contribution in [-0.4, -0.2) is 45.7 Å². The average Bonchev–Trinajstić information content (AvgIpc) is 2.85. The number of hydrogen-bond donors (Lipinski definition) is 3. The van der Waals surface area contributed by atoms with E-state index in [1.165, 1.54) is 0 Å². The summed E-state index contributed by atoms with van der Waals surface area (Å²) in [7, 11) is 0. The number of carbonyl (C=O) groups is 3. The zero-order valence-electron chi connectivity index (χ0n) is 23.9. The topological polar surface area (TPSA) is 87.7 Å². The number of ether oxygens (including phenoxy) is 1. The lowest BCUT2D eigenvalue weighted by Crippen LogP contribution is -2.60. The van der Waals surface area contributed by atoms with Crippen LogP contribution in [0.15, 0.2) is 48.5 Å². The summed E-state index contributed by atoms with van der Waals surface area (Å²) >= 11 is 4.38. The molecule has 0 bridgehead atoms. The van der Waals surface area contributed by atoms with Crippen LogP contribution in [0, 0.1) is 13.8 Å². The van der Waals surface area contributed by atoms with E-state index in [9.17, 15) is 14.4 Å². The van der Waals surface area contributed by atoms with Gasteiger partial charge in [-0.1, -0.05) is 61.0 Å². The minimum Gasteiger partial charge on any atom is -0.444 e. The lowest BCUT2D eigenvalue weighted by atomic mass is 9.90. The highest BCUT2D eigenvalue weighted by molar-refractivity contribution is 7.80. The van der Waals surface area contributed by atoms with E-state index in [4.69, 9.17) is 4.74 Å². The Balaban J connectivity index is 2.56. The fraction of sp³-hybridized carbons (Fsp3) is 0.500. The molecule has 0 aliphatic carbocycles. The molecule has 38 heavy (non-hydrogen) atoms. The standard InChI is InChI=1S/C30H43N3O4S/c1-9-30(7,8)33(27(35)24(19-38)32-28(36)37-29(4,5)6)25(23-17-20(2)15-16-21(23)3)26(34)31-18-22-13-11-10-12-14-22/h10-17,24-25,38H,9,18-19H2,1-8H3,(H,31,34)(H,32,36). The smallest absolute Gasteiger partial charge is 0.408 e. The molecule has 2 rings (SSSR count). The third-order valence-corrected chi connectivity index (χ3v) is 6.84. The van der Waals surface area contributed by atoms with Crippen molar-refractivity contribution in [3.05, 3.63) is 70.8 Å². The molecule has 208 valence electrons. The predicted octanol–water partition coefficient (Wildman–Crippen LogP) is 5.50. The van der Waals surface area contributed by atoms with E-state index in [-0.39, 0.29) is 11.7 Å². The maximum absolute atomic E-state index is 14.2. The summed E-state index contributed by atoms with van der Waals surface area (Å²) in [5, 5.41) is 5.71. The van der Waals surface area contributed by atoms with Crippen molar-refractivity contribution in [3.8, 4) is 0 Å². The maximum Gasteiger partial charge on any atom is 0.408 e. The average molecular weight is 542 g/mol. The molecule has 0 spiro atoms. The van der Waals surface area contributed by atoms with Crippen molar-refractivity contribution in [2.45, 2.75) is 91.6 Å². The SMILES string of the molecule is CCC(C)(C)N(C(=O)C(CS)NC(=O)OC(C)(C)C)C(C(=O)NCc1ccccc1)c1cc(C)ccc1C. The second-order valence-electron chi connectivity index (χ2n) is 11.2. The third kappa shape index (κ3) is 8.51. The molecular weight excluding hydrogens is 498 g/mol. The Morgan fingerprint density at radius 1 is 1.00 bits per heavy atom. The van der Waals surface area contributed by atoms with Gasteiger partial charge in [0.15, 0.2) is 0 Å². The van der Waals surface area contributed by atoms with Crippen LogP contribution >= 0.6 is 12.6 Å². The van der Waals surface area contributed by atoms with Crippen LogP contribution < -0.4 is 10.6 Å². The second-order valence-corrected chi connectivity index (χ2v) is 11.6. The van der Waals surface area contributed by atoms with Gasteiger partial charge in [0.1, 0.15) is 17.7 Å². The number of aryl methyl sites for hydroxylation is 2. The predicted molar refractivity (Wildman–Crippen MR) is 155 cm³/mol. The number of carbonyl (C=O) groups excluding carboxylic acids is 3. The molecule has 7 nitrogen and oxygen atoms in total. The molecule has 2 aromatic carbocycles. The molecule has 0 heterocycles. The Hall–Kier alpha value is -3.00. The van der Waals surface area contributed by atoms with Crippen molar-refractivity contribution >= 4 is 30.5 Å². The largest absolute Gasteiger partial charge is 0.444 e. The van der Waals surface area contributed by atoms with Gasteiger partial charge in [-0.15, -0.1) is 0 Å². The van der Waals surface area contributed by atoms with Crippen molar-refractivity contribution in [1.82, 2.24) is 15.5 Å². The maximum atomic E-state index is 14.2. The number of alkyl carbamates (subject to hydrolysis) is 1. The van der Waals surface area contributed by atoms with Crippen LogP contribution in [0.2, 0.25) is 0 Å². The van der Waals surface area contributed by atoms with Crippen LogP contribution in [0.25, 0.3) is 0 Å². The van der Waals surface area contributed by atoms with E-state index in [0.29, 0.717) is 13.0 Å². The fourth-order valence-corrected chi connectivity index (χ4v) is 4.33. The van der Waals surface area contributed by atoms with Crippen LogP contribution in [0.5, 0.6) is 0 Å². The van der Waals surface area contributed by atoms with Gasteiger partial charge in [-0.2, -0.15) is 12.6 Å². The van der Waals surface area contributed by atoms with Crippen molar-refractivity contribution in [2.24, 2.45) is 0 Å². The second kappa shape index (κ2) is 13.2. The number of benzene rings is 2. The van der Waals surface area contributed by atoms with Crippen molar-refractivity contribution in [3.63, 3.8) is 0 Å². The van der Waals surface area contributed by atoms with E-state index < -0.39 is 35.2 Å². The Kier molecular flexibility index (Phi) is 10.8. The van der Waals surface area contributed by atoms with E-state index in [2.05, 4.69) is 23.3 Å². The minimum atomic E-state index is -0.992. The highest BCUT2D eigenvalue weighted by Crippen LogP contribution is 2.34. The van der Waals surface area contributed by atoms with E-state index in [0.717, 1.165) is 22.3 Å². The first kappa shape index (κ1) is 31.2. The van der Waals surface area contributed by atoms with Gasteiger partial charge in [-0.3, -0.25) is 9.59 Å². The van der Waals surface area contributed by atoms with Gasteiger partial charge >= 0.3 is 6.09 Å². The summed E-state index contributed by atoms with van der Waals surface area (Å²) in [6, 6.07) is 13.6. The molecule has 0 radical (unpaired) electrons. The van der Waals surface area contributed by atoms with Gasteiger partial charge in [-0.25, -0.2) is 4.79 Å². The van der Waals surface area contributed by atoms with E-state index >= 15 is 0 Å². The minimum absolute atomic E-state index is 0.0412. The highest BCUT2D eigenvalue weighted by Gasteiger charge is 2.43. The van der Waals surface area contributed by atoms with Crippen LogP contribution in [0.1, 0.15) is 76.3 Å². The Labute approximate surface area is 233 Å². The summed E-state index contributed by atoms with van der Waals surface area (Å²) in [4.78, 5) is 42.4. The number of amides is 3. The molecule has 8 heteroatoms. The molecule has 2 atom stereocenters. The van der Waals surface area contributed by atoms with Gasteiger partial charge in [0.05, 0.1) is 0 Å². The van der Waals surface area contributed by atoms with Gasteiger partial charge in [0, 0.05) is 17.8 Å². The van der Waals surface area contributed by atoms with Crippen molar-refractivity contribution in [1.29, 1.82) is 0 Å². The first-order valence-electron chi connectivity index (χ1n) is 13.0. The quantitative estimate of drug-likeness (QED) is 0.347. The van der Waals surface area contributed by atoms with Crippen molar-refractivity contribution < 1.29 is 19.1 Å². The highest BCUT2D eigenvalue weighted by atomic mass is 32.1. The van der Waals surface area contributed by atoms with Crippen LogP contribution in [-0.2, 0) is 20.9 Å². The normalized spacial score (nSPS) is 13.3. The van der Waals surface area contributed by atoms with Gasteiger partial charge in [-0.05, 0) is 71.6 Å². The third-order valence-electron chi connectivity index (χ3n) is 6.47. The number of rotatable bonds is 10. The Morgan fingerprint density at radius 3 is 2.18 bits per heavy atom. The molecule has 0 saturated carbocycles. The molecule has 0 aliphatic heterocycles. The summed E-state index contributed by atoms with van der Waals surface area (Å²) in [5.74, 6) is -0.662. The molecule has 0 aromatic heterocycles. The van der Waals surface area contributed by atoms with Crippen LogP contribution in [0.4, 0.5) is 4.79 Å². The zero-order valence-corrected chi connectivity index (χ0v) is 24.8. The monoisotopic (exact) mass is 541 g/mol. The molecule has 2 aromatic rings. The zero-order chi connectivity index (χ0) is 28.7. The Morgan fingerprint density at radius 2 is 1.63 bits per heavy atom.